The van der Waals surface area contributed by atoms with Crippen LogP contribution in [0.5, 0.6) is 17.2 Å². The molecule has 3 aromatic rings. The molecule has 2 aromatic heterocycles. The molecule has 0 bridgehead atoms. The van der Waals surface area contributed by atoms with E-state index in [9.17, 15) is 0 Å². The molecule has 30 heavy (non-hydrogen) atoms. The predicted molar refractivity (Wildman–Crippen MR) is 116 cm³/mol. The minimum atomic E-state index is 0.0312. The average molecular weight is 428 g/mol. The van der Waals surface area contributed by atoms with E-state index < -0.39 is 0 Å². The summed E-state index contributed by atoms with van der Waals surface area (Å²) in [6, 6.07) is 7.77. The Labute approximate surface area is 179 Å². The third-order valence-corrected chi connectivity index (χ3v) is 6.21. The smallest absolute Gasteiger partial charge is 0.257 e. The zero-order valence-electron chi connectivity index (χ0n) is 17.5. The van der Waals surface area contributed by atoms with Crippen molar-refractivity contribution in [1.82, 2.24) is 15.1 Å². The Hall–Kier alpha value is -2.84. The number of ether oxygens (including phenoxy) is 3. The van der Waals surface area contributed by atoms with Crippen molar-refractivity contribution in [3.05, 3.63) is 47.2 Å². The van der Waals surface area contributed by atoms with Crippen molar-refractivity contribution in [1.29, 1.82) is 0 Å². The molecular weight excluding hydrogens is 402 g/mol. The SMILES string of the molecule is COc1cc(OC)c(C2=CCN([C@H](C)c3nnc(-c4cccs4)o3)CC2)c(OC)c1. The van der Waals surface area contributed by atoms with Crippen molar-refractivity contribution < 1.29 is 18.6 Å². The molecular formula is C22H25N3O4S. The molecule has 0 N–H and O–H groups in total. The first-order valence-corrected chi connectivity index (χ1v) is 10.6. The van der Waals surface area contributed by atoms with Crippen LogP contribution in [0.25, 0.3) is 16.3 Å². The Balaban J connectivity index is 1.53. The van der Waals surface area contributed by atoms with Gasteiger partial charge in [-0.05, 0) is 30.4 Å². The number of hydrogen-bond donors (Lipinski definition) is 0. The summed E-state index contributed by atoms with van der Waals surface area (Å²) in [5.74, 6) is 3.41. The van der Waals surface area contributed by atoms with E-state index >= 15 is 0 Å². The quantitative estimate of drug-likeness (QED) is 0.542. The Bertz CT molecular complexity index is 1000. The minimum absolute atomic E-state index is 0.0312. The van der Waals surface area contributed by atoms with Gasteiger partial charge in [0.05, 0.1) is 37.8 Å². The minimum Gasteiger partial charge on any atom is -0.496 e. The molecule has 0 fully saturated rings. The lowest BCUT2D eigenvalue weighted by molar-refractivity contribution is 0.202. The zero-order valence-corrected chi connectivity index (χ0v) is 18.4. The second kappa shape index (κ2) is 8.89. The van der Waals surface area contributed by atoms with Crippen LogP contribution in [0, 0.1) is 0 Å². The van der Waals surface area contributed by atoms with Crippen molar-refractivity contribution in [2.75, 3.05) is 34.4 Å². The van der Waals surface area contributed by atoms with Crippen molar-refractivity contribution in [3.63, 3.8) is 0 Å². The number of thiophene rings is 1. The Morgan fingerprint density at radius 2 is 1.87 bits per heavy atom. The second-order valence-corrected chi connectivity index (χ2v) is 7.93. The van der Waals surface area contributed by atoms with Crippen molar-refractivity contribution in [2.24, 2.45) is 0 Å². The number of hydrogen-bond acceptors (Lipinski definition) is 8. The summed E-state index contributed by atoms with van der Waals surface area (Å²) in [5, 5.41) is 10.5. The van der Waals surface area contributed by atoms with Crippen LogP contribution in [0.1, 0.15) is 30.8 Å². The largest absolute Gasteiger partial charge is 0.496 e. The zero-order chi connectivity index (χ0) is 21.1. The summed E-state index contributed by atoms with van der Waals surface area (Å²) in [4.78, 5) is 3.30. The van der Waals surface area contributed by atoms with Gasteiger partial charge in [0.25, 0.3) is 5.89 Å². The van der Waals surface area contributed by atoms with Gasteiger partial charge in [0.15, 0.2) is 0 Å². The summed E-state index contributed by atoms with van der Waals surface area (Å²) in [7, 11) is 4.96. The van der Waals surface area contributed by atoms with Crippen molar-refractivity contribution in [2.45, 2.75) is 19.4 Å². The van der Waals surface area contributed by atoms with E-state index in [1.807, 2.05) is 29.6 Å². The maximum atomic E-state index is 5.93. The van der Waals surface area contributed by atoms with E-state index in [0.717, 1.165) is 41.4 Å². The predicted octanol–water partition coefficient (Wildman–Crippen LogP) is 4.67. The van der Waals surface area contributed by atoms with Crippen LogP contribution in [-0.2, 0) is 0 Å². The summed E-state index contributed by atoms with van der Waals surface area (Å²) >= 11 is 1.59. The molecule has 0 aliphatic carbocycles. The van der Waals surface area contributed by atoms with Gasteiger partial charge in [-0.15, -0.1) is 21.5 Å². The van der Waals surface area contributed by atoms with Gasteiger partial charge in [-0.2, -0.15) is 0 Å². The van der Waals surface area contributed by atoms with E-state index in [0.29, 0.717) is 17.5 Å². The normalized spacial score (nSPS) is 15.5. The highest BCUT2D eigenvalue weighted by Crippen LogP contribution is 2.41. The standard InChI is InChI=1S/C22H25N3O4S/c1-14(21-23-24-22(29-21)19-6-5-11-30-19)25-9-7-15(8-10-25)20-17(27-3)12-16(26-2)13-18(20)28-4/h5-7,11-14H,8-10H2,1-4H3/t14-/m1/s1. The van der Waals surface area contributed by atoms with Crippen LogP contribution < -0.4 is 14.2 Å². The summed E-state index contributed by atoms with van der Waals surface area (Å²) < 4.78 is 22.5. The molecule has 0 saturated heterocycles. The van der Waals surface area contributed by atoms with E-state index in [-0.39, 0.29) is 6.04 Å². The lowest BCUT2D eigenvalue weighted by Crippen LogP contribution is -2.31. The molecule has 0 saturated carbocycles. The Morgan fingerprint density at radius 3 is 2.43 bits per heavy atom. The van der Waals surface area contributed by atoms with E-state index in [4.69, 9.17) is 18.6 Å². The first kappa shape index (κ1) is 20.4. The molecule has 1 atom stereocenters. The molecule has 8 heteroatoms. The molecule has 4 rings (SSSR count). The highest BCUT2D eigenvalue weighted by Gasteiger charge is 2.26. The lowest BCUT2D eigenvalue weighted by Gasteiger charge is -2.30. The van der Waals surface area contributed by atoms with Gasteiger partial charge < -0.3 is 18.6 Å². The number of aromatic nitrogens is 2. The highest BCUT2D eigenvalue weighted by atomic mass is 32.1. The van der Waals surface area contributed by atoms with Crippen LogP contribution in [0.4, 0.5) is 0 Å². The topological polar surface area (TPSA) is 69.9 Å². The molecule has 0 radical (unpaired) electrons. The Morgan fingerprint density at radius 1 is 1.10 bits per heavy atom. The molecule has 0 spiro atoms. The molecule has 0 unspecified atom stereocenters. The molecule has 0 amide bonds. The van der Waals surface area contributed by atoms with Gasteiger partial charge in [0.1, 0.15) is 17.2 Å². The molecule has 158 valence electrons. The van der Waals surface area contributed by atoms with Gasteiger partial charge >= 0.3 is 0 Å². The van der Waals surface area contributed by atoms with E-state index in [1.165, 1.54) is 5.57 Å². The fourth-order valence-electron chi connectivity index (χ4n) is 3.65. The Kier molecular flexibility index (Phi) is 6.06. The van der Waals surface area contributed by atoms with E-state index in [1.54, 1.807) is 32.7 Å². The molecule has 1 aliphatic heterocycles. The van der Waals surface area contributed by atoms with Crippen LogP contribution in [0.15, 0.2) is 40.1 Å². The summed E-state index contributed by atoms with van der Waals surface area (Å²) in [5.41, 5.74) is 2.17. The second-order valence-electron chi connectivity index (χ2n) is 6.98. The first-order chi connectivity index (χ1) is 14.6. The van der Waals surface area contributed by atoms with Crippen LogP contribution in [-0.4, -0.2) is 49.5 Å². The number of nitrogens with zero attached hydrogens (tertiary/aromatic N) is 3. The van der Waals surface area contributed by atoms with Gasteiger partial charge in [-0.3, -0.25) is 4.90 Å². The molecule has 1 aromatic carbocycles. The monoisotopic (exact) mass is 427 g/mol. The highest BCUT2D eigenvalue weighted by molar-refractivity contribution is 7.13. The lowest BCUT2D eigenvalue weighted by atomic mass is 9.96. The number of rotatable bonds is 7. The van der Waals surface area contributed by atoms with Crippen LogP contribution >= 0.6 is 11.3 Å². The maximum absolute atomic E-state index is 5.93. The van der Waals surface area contributed by atoms with Gasteiger partial charge in [-0.1, -0.05) is 12.1 Å². The molecule has 1 aliphatic rings. The fraction of sp³-hybridized carbons (Fsp3) is 0.364. The fourth-order valence-corrected chi connectivity index (χ4v) is 4.29. The van der Waals surface area contributed by atoms with Crippen molar-refractivity contribution in [3.8, 4) is 28.0 Å². The summed E-state index contributed by atoms with van der Waals surface area (Å²) in [6.45, 7) is 3.73. The maximum Gasteiger partial charge on any atom is 0.257 e. The number of methoxy groups -OCH3 is 3. The third-order valence-electron chi connectivity index (χ3n) is 5.35. The van der Waals surface area contributed by atoms with Gasteiger partial charge in [0, 0.05) is 25.2 Å². The van der Waals surface area contributed by atoms with Gasteiger partial charge in [-0.25, -0.2) is 0 Å². The number of benzene rings is 1. The van der Waals surface area contributed by atoms with Crippen LogP contribution in [0.2, 0.25) is 0 Å². The van der Waals surface area contributed by atoms with Gasteiger partial charge in [0.2, 0.25) is 5.89 Å². The average Bonchev–Trinajstić information content (AvgIpc) is 3.49. The first-order valence-electron chi connectivity index (χ1n) is 9.75. The third kappa shape index (κ3) is 3.93. The molecule has 3 heterocycles. The van der Waals surface area contributed by atoms with Crippen LogP contribution in [0.3, 0.4) is 0 Å². The van der Waals surface area contributed by atoms with E-state index in [2.05, 4.69) is 28.1 Å². The molecule has 7 nitrogen and oxygen atoms in total. The van der Waals surface area contributed by atoms with Crippen molar-refractivity contribution >= 4 is 16.9 Å². The summed E-state index contributed by atoms with van der Waals surface area (Å²) in [6.07, 6.45) is 3.07.